The summed E-state index contributed by atoms with van der Waals surface area (Å²) < 4.78 is 27.3. The number of ether oxygens (including phenoxy) is 5. The molecule has 0 saturated carbocycles. The minimum absolute atomic E-state index is 0.0535. The Labute approximate surface area is 426 Å². The van der Waals surface area contributed by atoms with E-state index in [0.29, 0.717) is 37.4 Å². The number of imide groups is 2. The molecule has 0 aliphatic carbocycles. The molecule has 0 atom stereocenters. The zero-order valence-electron chi connectivity index (χ0n) is 39.0. The summed E-state index contributed by atoms with van der Waals surface area (Å²) >= 11 is 17.0. The predicted octanol–water partition coefficient (Wildman–Crippen LogP) is 8.97. The van der Waals surface area contributed by atoms with Gasteiger partial charge in [-0.25, -0.2) is 14.8 Å². The number of hydrogen-bond acceptors (Lipinski definition) is 15. The van der Waals surface area contributed by atoms with Gasteiger partial charge in [0, 0.05) is 12.0 Å². The van der Waals surface area contributed by atoms with Crippen LogP contribution in [0.15, 0.2) is 129 Å². The number of urea groups is 1. The van der Waals surface area contributed by atoms with Crippen molar-refractivity contribution in [3.63, 3.8) is 0 Å². The minimum atomic E-state index is -0.868. The first-order valence-corrected chi connectivity index (χ1v) is 23.0. The molecule has 1 aliphatic rings. The molecule has 374 valence electrons. The van der Waals surface area contributed by atoms with Crippen molar-refractivity contribution < 1.29 is 52.5 Å². The summed E-state index contributed by atoms with van der Waals surface area (Å²) in [7, 11) is 0. The molecule has 2 aromatic heterocycles. The Morgan fingerprint density at radius 2 is 1.06 bits per heavy atom. The number of allylic oxidation sites excluding steroid dienone is 3. The first-order chi connectivity index (χ1) is 34.3. The number of nitrogens with one attached hydrogen (secondary N) is 2. The maximum absolute atomic E-state index is 11.4. The van der Waals surface area contributed by atoms with E-state index >= 15 is 0 Å². The molecular weight excluding hydrogens is 979 g/mol. The minimum Gasteiger partial charge on any atom is -0.472 e. The van der Waals surface area contributed by atoms with E-state index in [-0.39, 0.29) is 65.8 Å². The molecule has 3 heterocycles. The molecule has 17 nitrogen and oxygen atoms in total. The van der Waals surface area contributed by atoms with Crippen LogP contribution in [0.3, 0.4) is 0 Å². The summed E-state index contributed by atoms with van der Waals surface area (Å²) in [6, 6.07) is 28.6. The SMILES string of the molecule is C=CCC(C(=O)OCC)C(=O)OCC.C=CCC1C(=O)NC(=O)NC1=O.C=CCc1c(Cl)nc(Cl)nc1Cl.O=CCc1c(OCc2ccccc2)nc(OCc2ccccc2)nc1OCc1ccccc1. The Bertz CT molecular complexity index is 2430. The molecule has 4 amide bonds. The molecule has 1 aliphatic heterocycles. The molecule has 3 aromatic carbocycles. The topological polar surface area (TPSA) is 224 Å². The van der Waals surface area contributed by atoms with E-state index in [2.05, 4.69) is 39.7 Å². The molecule has 5 aromatic rings. The summed E-state index contributed by atoms with van der Waals surface area (Å²) in [6.45, 7) is 15.2. The Balaban J connectivity index is 0.000000289. The van der Waals surface area contributed by atoms with Gasteiger partial charge in [0.05, 0.1) is 18.8 Å². The number of rotatable bonds is 21. The Hall–Kier alpha value is -7.47. The number of carbonyl (C=O) groups is 6. The lowest BCUT2D eigenvalue weighted by Crippen LogP contribution is -2.55. The van der Waals surface area contributed by atoms with Crippen LogP contribution in [0, 0.1) is 11.8 Å². The van der Waals surface area contributed by atoms with E-state index in [1.165, 1.54) is 12.2 Å². The molecule has 0 radical (unpaired) electrons. The maximum Gasteiger partial charge on any atom is 0.328 e. The first-order valence-electron chi connectivity index (χ1n) is 21.8. The predicted molar refractivity (Wildman–Crippen MR) is 267 cm³/mol. The van der Waals surface area contributed by atoms with E-state index in [1.807, 2.05) is 102 Å². The summed E-state index contributed by atoms with van der Waals surface area (Å²) in [6.07, 6.45) is 6.50. The third-order valence-corrected chi connectivity index (χ3v) is 9.92. The van der Waals surface area contributed by atoms with Crippen LogP contribution in [0.1, 0.15) is 54.5 Å². The molecule has 20 heteroatoms. The van der Waals surface area contributed by atoms with E-state index in [0.717, 1.165) is 23.0 Å². The third kappa shape index (κ3) is 20.6. The highest BCUT2D eigenvalue weighted by molar-refractivity contribution is 6.36. The van der Waals surface area contributed by atoms with E-state index in [9.17, 15) is 28.8 Å². The van der Waals surface area contributed by atoms with Crippen molar-refractivity contribution in [3.8, 4) is 17.8 Å². The average molecular weight is 1030 g/mol. The molecule has 6 rings (SSSR count). The van der Waals surface area contributed by atoms with Crippen molar-refractivity contribution in [2.75, 3.05) is 13.2 Å². The van der Waals surface area contributed by atoms with E-state index in [4.69, 9.17) is 58.5 Å². The summed E-state index contributed by atoms with van der Waals surface area (Å²) in [4.78, 5) is 82.8. The molecule has 0 bridgehead atoms. The molecule has 71 heavy (non-hydrogen) atoms. The van der Waals surface area contributed by atoms with Crippen LogP contribution in [0.25, 0.3) is 0 Å². The van der Waals surface area contributed by atoms with Crippen LogP contribution in [0.4, 0.5) is 4.79 Å². The van der Waals surface area contributed by atoms with Crippen LogP contribution in [0.2, 0.25) is 15.6 Å². The highest BCUT2D eigenvalue weighted by atomic mass is 35.5. The fourth-order valence-corrected chi connectivity index (χ4v) is 6.55. The lowest BCUT2D eigenvalue weighted by Gasteiger charge is -2.18. The van der Waals surface area contributed by atoms with Gasteiger partial charge in [-0.2, -0.15) is 9.97 Å². The van der Waals surface area contributed by atoms with Crippen LogP contribution in [-0.2, 0) is 66.1 Å². The molecule has 0 spiro atoms. The average Bonchev–Trinajstić information content (AvgIpc) is 3.36. The number of aromatic nitrogens is 4. The zero-order valence-corrected chi connectivity index (χ0v) is 41.3. The van der Waals surface area contributed by atoms with Gasteiger partial charge in [-0.15, -0.1) is 19.7 Å². The second-order valence-electron chi connectivity index (χ2n) is 14.3. The number of hydrogen-bond donors (Lipinski definition) is 2. The monoisotopic (exact) mass is 1030 g/mol. The molecule has 1 fully saturated rings. The van der Waals surface area contributed by atoms with Crippen LogP contribution >= 0.6 is 34.8 Å². The van der Waals surface area contributed by atoms with Gasteiger partial charge in [0.2, 0.25) is 28.9 Å². The van der Waals surface area contributed by atoms with Gasteiger partial charge in [-0.05, 0) is 61.4 Å². The Kier molecular flexibility index (Phi) is 26.4. The fraction of sp³-hybridized carbons (Fsp3) is 0.255. The van der Waals surface area contributed by atoms with Gasteiger partial charge in [0.15, 0.2) is 5.92 Å². The number of benzene rings is 3. The van der Waals surface area contributed by atoms with Gasteiger partial charge in [-0.1, -0.05) is 132 Å². The van der Waals surface area contributed by atoms with Crippen molar-refractivity contribution in [2.24, 2.45) is 11.8 Å². The van der Waals surface area contributed by atoms with Crippen molar-refractivity contribution in [2.45, 2.75) is 59.4 Å². The number of aldehydes is 1. The number of amides is 4. The maximum atomic E-state index is 11.4. The Morgan fingerprint density at radius 3 is 1.44 bits per heavy atom. The highest BCUT2D eigenvalue weighted by Gasteiger charge is 2.32. The molecule has 1 saturated heterocycles. The van der Waals surface area contributed by atoms with Gasteiger partial charge in [-0.3, -0.25) is 29.8 Å². The van der Waals surface area contributed by atoms with Crippen LogP contribution < -0.4 is 24.8 Å². The van der Waals surface area contributed by atoms with Crippen molar-refractivity contribution in [1.29, 1.82) is 0 Å². The molecule has 0 unspecified atom stereocenters. The number of halogens is 3. The number of carbonyl (C=O) groups excluding carboxylic acids is 6. The van der Waals surface area contributed by atoms with Crippen LogP contribution in [0.5, 0.6) is 17.8 Å². The largest absolute Gasteiger partial charge is 0.472 e. The van der Waals surface area contributed by atoms with E-state index in [1.54, 1.807) is 19.9 Å². The standard InChI is InChI=1S/C27H24N2O4.C10H16O4.C7H5Cl3N2.C7H8N2O3/c30-17-16-24-25(31-18-21-10-4-1-5-11-21)28-27(33-20-23-14-8-3-9-15-23)29-26(24)32-19-22-12-6-2-7-13-22;1-4-7-8(9(11)13-5-2)10(12)14-6-3;1-2-3-4-5(8)11-7(10)12-6(4)9;1-2-3-4-5(10)8-7(12)9-6(4)11/h1-15,17H,16,18-20H2;4,8H,1,5-7H2,2-3H3;2H,1,3H2;2,4H,1,3H2,(H2,8,9,10,11,12). The summed E-state index contributed by atoms with van der Waals surface area (Å²) in [5.74, 6) is -3.38. The normalized spacial score (nSPS) is 11.5. The lowest BCUT2D eigenvalue weighted by molar-refractivity contribution is -0.161. The zero-order chi connectivity index (χ0) is 52.0. The molecular formula is C51H53Cl3N6O11. The highest BCUT2D eigenvalue weighted by Crippen LogP contribution is 2.30. The van der Waals surface area contributed by atoms with Gasteiger partial charge >= 0.3 is 24.0 Å². The first kappa shape index (κ1) is 57.8. The van der Waals surface area contributed by atoms with Crippen molar-refractivity contribution in [1.82, 2.24) is 30.6 Å². The second kappa shape index (κ2) is 32.4. The summed E-state index contributed by atoms with van der Waals surface area (Å²) in [5, 5.41) is 4.58. The molecule has 2 N–H and O–H groups in total. The number of nitrogens with zero attached hydrogens (tertiary/aromatic N) is 4. The van der Waals surface area contributed by atoms with Gasteiger partial charge in [0.1, 0.15) is 42.3 Å². The second-order valence-corrected chi connectivity index (χ2v) is 15.4. The van der Waals surface area contributed by atoms with Crippen molar-refractivity contribution in [3.05, 3.63) is 172 Å². The lowest BCUT2D eigenvalue weighted by atomic mass is 10.0. The number of barbiturate groups is 1. The fourth-order valence-electron chi connectivity index (χ4n) is 5.75. The Morgan fingerprint density at radius 1 is 0.620 bits per heavy atom. The van der Waals surface area contributed by atoms with Gasteiger partial charge < -0.3 is 28.5 Å². The van der Waals surface area contributed by atoms with E-state index < -0.39 is 41.6 Å². The van der Waals surface area contributed by atoms with Gasteiger partial charge in [0.25, 0.3) is 0 Å². The summed E-state index contributed by atoms with van der Waals surface area (Å²) in [5.41, 5.74) is 4.08. The number of esters is 2. The van der Waals surface area contributed by atoms with Crippen molar-refractivity contribution >= 4 is 70.9 Å². The third-order valence-electron chi connectivity index (χ3n) is 9.13. The van der Waals surface area contributed by atoms with Crippen LogP contribution in [-0.4, -0.2) is 69.2 Å². The quantitative estimate of drug-likeness (QED) is 0.0175. The smallest absolute Gasteiger partial charge is 0.328 e.